The van der Waals surface area contributed by atoms with Crippen molar-refractivity contribution in [3.8, 4) is 0 Å². The number of ether oxygens (including phenoxy) is 2. The molecule has 1 saturated heterocycles. The molecule has 2 rings (SSSR count). The van der Waals surface area contributed by atoms with Gasteiger partial charge in [0.2, 0.25) is 0 Å². The van der Waals surface area contributed by atoms with Crippen LogP contribution in [0.3, 0.4) is 0 Å². The van der Waals surface area contributed by atoms with Crippen molar-refractivity contribution >= 4 is 31.9 Å². The van der Waals surface area contributed by atoms with Crippen LogP contribution in [0.15, 0.2) is 18.5 Å². The Bertz CT molecular complexity index is 922. The van der Waals surface area contributed by atoms with Crippen LogP contribution >= 0.6 is 0 Å². The van der Waals surface area contributed by atoms with Gasteiger partial charge in [0.05, 0.1) is 18.0 Å². The number of aromatic nitrogens is 1. The Morgan fingerprint density at radius 2 is 1.38 bits per heavy atom. The molecule has 0 spiro atoms. The van der Waals surface area contributed by atoms with Crippen molar-refractivity contribution in [2.45, 2.75) is 112 Å². The van der Waals surface area contributed by atoms with Gasteiger partial charge in [0.25, 0.3) is 0 Å². The number of imide groups is 1. The van der Waals surface area contributed by atoms with Crippen molar-refractivity contribution in [2.24, 2.45) is 11.8 Å². The molecule has 9 heteroatoms. The van der Waals surface area contributed by atoms with Gasteiger partial charge in [0, 0.05) is 19.3 Å². The lowest BCUT2D eigenvalue weighted by Crippen LogP contribution is -2.54. The van der Waals surface area contributed by atoms with Crippen LogP contribution in [0.4, 0.5) is 21.0 Å². The second-order valence-electron chi connectivity index (χ2n) is 13.9. The van der Waals surface area contributed by atoms with E-state index in [2.05, 4.69) is 57.6 Å². The molecule has 0 bridgehead atoms. The fraction of sp³-hybridized carbons (Fsp3) is 0.750. The molecule has 37 heavy (non-hydrogen) atoms. The normalized spacial score (nSPS) is 21.4. The zero-order valence-electron chi connectivity index (χ0n) is 25.3. The third-order valence-electron chi connectivity index (χ3n) is 6.89. The van der Waals surface area contributed by atoms with Crippen LogP contribution < -0.4 is 9.80 Å². The summed E-state index contributed by atoms with van der Waals surface area (Å²) in [5.74, 6) is 0.491. The van der Waals surface area contributed by atoms with Gasteiger partial charge >= 0.3 is 12.2 Å². The Hall–Kier alpha value is -2.13. The first kappa shape index (κ1) is 31.1. The fourth-order valence-corrected chi connectivity index (χ4v) is 5.69. The molecule has 1 aliphatic rings. The third-order valence-corrected chi connectivity index (χ3v) is 11.4. The molecule has 8 nitrogen and oxygen atoms in total. The number of amides is 2. The van der Waals surface area contributed by atoms with Gasteiger partial charge in [-0.3, -0.25) is 4.98 Å². The van der Waals surface area contributed by atoms with Crippen LogP contribution in [-0.4, -0.2) is 55.9 Å². The van der Waals surface area contributed by atoms with E-state index < -0.39 is 31.7 Å². The number of carbonyl (C=O) groups excluding carboxylic acids is 2. The summed E-state index contributed by atoms with van der Waals surface area (Å²) in [4.78, 5) is 34.0. The molecule has 1 fully saturated rings. The van der Waals surface area contributed by atoms with Crippen LogP contribution in [0.2, 0.25) is 18.1 Å². The maximum absolute atomic E-state index is 13.3. The number of pyridine rings is 1. The number of nitrogens with zero attached hydrogens (tertiary/aromatic N) is 3. The summed E-state index contributed by atoms with van der Waals surface area (Å²) in [7, 11) is -1.94. The topological polar surface area (TPSA) is 81.2 Å². The van der Waals surface area contributed by atoms with Crippen LogP contribution in [0, 0.1) is 11.8 Å². The van der Waals surface area contributed by atoms with E-state index in [0.29, 0.717) is 5.69 Å². The molecule has 1 aliphatic heterocycles. The molecule has 0 aliphatic carbocycles. The molecule has 1 aromatic rings. The highest BCUT2D eigenvalue weighted by Crippen LogP contribution is 2.41. The summed E-state index contributed by atoms with van der Waals surface area (Å²) < 4.78 is 18.1. The van der Waals surface area contributed by atoms with Crippen molar-refractivity contribution < 1.29 is 23.5 Å². The van der Waals surface area contributed by atoms with E-state index >= 15 is 0 Å². The summed E-state index contributed by atoms with van der Waals surface area (Å²) >= 11 is 0. The van der Waals surface area contributed by atoms with E-state index in [9.17, 15) is 9.59 Å². The predicted molar refractivity (Wildman–Crippen MR) is 152 cm³/mol. The molecular formula is C28H49N3O5Si. The highest BCUT2D eigenvalue weighted by molar-refractivity contribution is 6.74. The maximum Gasteiger partial charge on any atom is 0.424 e. The van der Waals surface area contributed by atoms with Crippen molar-refractivity contribution in [3.05, 3.63) is 18.5 Å². The van der Waals surface area contributed by atoms with Crippen LogP contribution in [-0.2, 0) is 13.9 Å². The SMILES string of the molecule is C[C@@H]1CN(c2ccncc2N(C(=O)OC(C)(C)C)C(=O)OC(C)(C)C)C[C@H](C)C1O[Si](C)(C)C(C)(C)C. The standard InChI is InChI=1S/C28H49N3O5Si/c1-19-17-30(18-20(2)23(19)36-37(12,13)28(9,10)11)21-14-15-29-16-22(21)31(24(32)34-26(3,4)5)25(33)35-27(6,7)8/h14-16,19-20,23H,17-18H2,1-13H3/t19-,20+,23?. The Labute approximate surface area is 225 Å². The molecule has 1 unspecified atom stereocenters. The van der Waals surface area contributed by atoms with Crippen molar-refractivity contribution in [2.75, 3.05) is 22.9 Å². The van der Waals surface area contributed by atoms with Crippen molar-refractivity contribution in [3.63, 3.8) is 0 Å². The van der Waals surface area contributed by atoms with Crippen LogP contribution in [0.25, 0.3) is 0 Å². The van der Waals surface area contributed by atoms with Gasteiger partial charge in [0.15, 0.2) is 8.32 Å². The minimum atomic E-state index is -1.94. The summed E-state index contributed by atoms with van der Waals surface area (Å²) in [6.07, 6.45) is 1.74. The van der Waals surface area contributed by atoms with Crippen molar-refractivity contribution in [1.29, 1.82) is 0 Å². The lowest BCUT2D eigenvalue weighted by Gasteiger charge is -2.48. The Morgan fingerprint density at radius 1 is 0.919 bits per heavy atom. The van der Waals surface area contributed by atoms with Gasteiger partial charge in [-0.05, 0) is 77.6 Å². The summed E-state index contributed by atoms with van der Waals surface area (Å²) in [6.45, 7) is 27.8. The molecule has 210 valence electrons. The Morgan fingerprint density at radius 3 is 1.78 bits per heavy atom. The lowest BCUT2D eigenvalue weighted by atomic mass is 9.88. The van der Waals surface area contributed by atoms with E-state index in [4.69, 9.17) is 13.9 Å². The molecule has 2 amide bonds. The summed E-state index contributed by atoms with van der Waals surface area (Å²) in [5.41, 5.74) is -0.505. The molecule has 0 N–H and O–H groups in total. The second kappa shape index (κ2) is 10.9. The van der Waals surface area contributed by atoms with Crippen molar-refractivity contribution in [1.82, 2.24) is 4.98 Å². The van der Waals surface area contributed by atoms with Gasteiger partial charge in [-0.25, -0.2) is 9.59 Å². The highest BCUT2D eigenvalue weighted by atomic mass is 28.4. The Balaban J connectivity index is 2.43. The maximum atomic E-state index is 13.3. The molecule has 2 heterocycles. The number of carbonyl (C=O) groups is 2. The average molecular weight is 536 g/mol. The minimum Gasteiger partial charge on any atom is -0.443 e. The van der Waals surface area contributed by atoms with Gasteiger partial charge in [-0.2, -0.15) is 4.90 Å². The first-order valence-corrected chi connectivity index (χ1v) is 16.2. The lowest BCUT2D eigenvalue weighted by molar-refractivity contribution is 0.0429. The fourth-order valence-electron chi connectivity index (χ4n) is 4.19. The van der Waals surface area contributed by atoms with Crippen LogP contribution in [0.1, 0.15) is 76.2 Å². The first-order valence-electron chi connectivity index (χ1n) is 13.3. The zero-order valence-corrected chi connectivity index (χ0v) is 26.3. The van der Waals surface area contributed by atoms with Crippen LogP contribution in [0.5, 0.6) is 0 Å². The quantitative estimate of drug-likeness (QED) is 0.376. The smallest absolute Gasteiger partial charge is 0.424 e. The molecular weight excluding hydrogens is 486 g/mol. The largest absolute Gasteiger partial charge is 0.443 e. The van der Waals surface area contributed by atoms with Gasteiger partial charge in [0.1, 0.15) is 16.9 Å². The highest BCUT2D eigenvalue weighted by Gasteiger charge is 2.44. The number of rotatable bonds is 4. The molecule has 0 aromatic carbocycles. The monoisotopic (exact) mass is 535 g/mol. The summed E-state index contributed by atoms with van der Waals surface area (Å²) in [5, 5.41) is 0.128. The number of hydrogen-bond acceptors (Lipinski definition) is 7. The molecule has 1 aromatic heterocycles. The molecule has 0 saturated carbocycles. The number of hydrogen-bond donors (Lipinski definition) is 0. The van der Waals surface area contributed by atoms with Gasteiger partial charge in [-0.15, -0.1) is 0 Å². The Kier molecular flexibility index (Phi) is 9.18. The predicted octanol–water partition coefficient (Wildman–Crippen LogP) is 7.24. The first-order chi connectivity index (χ1) is 16.6. The van der Waals surface area contributed by atoms with E-state index in [-0.39, 0.29) is 23.0 Å². The number of anilines is 2. The van der Waals surface area contributed by atoms with Gasteiger partial charge in [-0.1, -0.05) is 34.6 Å². The average Bonchev–Trinajstić information content (AvgIpc) is 2.67. The summed E-state index contributed by atoms with van der Waals surface area (Å²) in [6, 6.07) is 1.84. The number of piperidine rings is 1. The second-order valence-corrected chi connectivity index (χ2v) is 18.6. The minimum absolute atomic E-state index is 0.128. The third kappa shape index (κ3) is 8.17. The molecule has 0 radical (unpaired) electrons. The molecule has 3 atom stereocenters. The van der Waals surface area contributed by atoms with E-state index in [1.807, 2.05) is 6.07 Å². The van der Waals surface area contributed by atoms with Gasteiger partial charge < -0.3 is 18.8 Å². The van der Waals surface area contributed by atoms with E-state index in [0.717, 1.165) is 23.7 Å². The van der Waals surface area contributed by atoms with E-state index in [1.54, 1.807) is 47.7 Å². The zero-order chi connectivity index (χ0) is 28.6. The van der Waals surface area contributed by atoms with E-state index in [1.165, 1.54) is 6.20 Å².